The number of rotatable bonds is 3. The number of β-amino-alcohol motifs (C(OH)–C–C–N with tert-alkyl or cyclic N) is 1. The molecule has 104 valence electrons. The highest BCUT2D eigenvalue weighted by atomic mass is 79.9. The van der Waals surface area contributed by atoms with Crippen LogP contribution in [0.15, 0.2) is 28.7 Å². The number of carbonyl (C=O) groups is 1. The first kappa shape index (κ1) is 14.3. The molecule has 1 aromatic carbocycles. The second kappa shape index (κ2) is 6.39. The van der Waals surface area contributed by atoms with Crippen molar-refractivity contribution in [2.75, 3.05) is 13.1 Å². The Morgan fingerprint density at radius 3 is 2.79 bits per heavy atom. The van der Waals surface area contributed by atoms with Crippen LogP contribution >= 0.6 is 15.9 Å². The molecule has 5 heteroatoms. The molecule has 1 heterocycles. The Labute approximate surface area is 121 Å². The van der Waals surface area contributed by atoms with Crippen molar-refractivity contribution < 1.29 is 14.6 Å². The van der Waals surface area contributed by atoms with Crippen LogP contribution in [-0.4, -0.2) is 41.2 Å². The van der Waals surface area contributed by atoms with E-state index in [0.29, 0.717) is 18.8 Å². The topological polar surface area (TPSA) is 49.8 Å². The Morgan fingerprint density at radius 1 is 1.47 bits per heavy atom. The summed E-state index contributed by atoms with van der Waals surface area (Å²) in [6.45, 7) is 2.85. The number of piperidine rings is 1. The lowest BCUT2D eigenvalue weighted by Crippen LogP contribution is -2.47. The maximum absolute atomic E-state index is 12.2. The van der Waals surface area contributed by atoms with Gasteiger partial charge in [-0.3, -0.25) is 4.79 Å². The fourth-order valence-electron chi connectivity index (χ4n) is 2.18. The molecular weight excluding hydrogens is 310 g/mol. The first-order valence-electron chi connectivity index (χ1n) is 6.45. The molecular formula is C14H18BrNO3. The molecule has 1 aromatic rings. The number of amides is 1. The fraction of sp³-hybridized carbons (Fsp3) is 0.500. The number of carbonyl (C=O) groups excluding carboxylic acids is 1. The Balaban J connectivity index is 1.93. The van der Waals surface area contributed by atoms with Crippen LogP contribution in [0.25, 0.3) is 0 Å². The molecule has 0 aromatic heterocycles. The maximum Gasteiger partial charge on any atom is 0.263 e. The van der Waals surface area contributed by atoms with Crippen molar-refractivity contribution in [3.8, 4) is 5.75 Å². The summed E-state index contributed by atoms with van der Waals surface area (Å²) in [4.78, 5) is 13.9. The number of benzene rings is 1. The van der Waals surface area contributed by atoms with Crippen molar-refractivity contribution in [2.24, 2.45) is 0 Å². The van der Waals surface area contributed by atoms with Gasteiger partial charge in [0.05, 0.1) is 6.10 Å². The highest BCUT2D eigenvalue weighted by molar-refractivity contribution is 9.10. The summed E-state index contributed by atoms with van der Waals surface area (Å²) in [6.07, 6.45) is 0.674. The van der Waals surface area contributed by atoms with E-state index in [1.165, 1.54) is 0 Å². The van der Waals surface area contributed by atoms with Gasteiger partial charge in [0.25, 0.3) is 5.91 Å². The second-order valence-corrected chi connectivity index (χ2v) is 5.71. The molecule has 1 amide bonds. The Morgan fingerprint density at radius 2 is 2.16 bits per heavy atom. The van der Waals surface area contributed by atoms with E-state index in [2.05, 4.69) is 15.9 Å². The quantitative estimate of drug-likeness (QED) is 0.925. The minimum atomic E-state index is -0.536. The van der Waals surface area contributed by atoms with Crippen LogP contribution in [-0.2, 0) is 4.79 Å². The highest BCUT2D eigenvalue weighted by Crippen LogP contribution is 2.18. The summed E-state index contributed by atoms with van der Waals surface area (Å²) in [5, 5.41) is 9.59. The average Bonchev–Trinajstić information content (AvgIpc) is 2.40. The van der Waals surface area contributed by atoms with Crippen molar-refractivity contribution in [3.63, 3.8) is 0 Å². The van der Waals surface area contributed by atoms with Gasteiger partial charge in [0.2, 0.25) is 0 Å². The third kappa shape index (κ3) is 3.94. The molecule has 1 aliphatic heterocycles. The van der Waals surface area contributed by atoms with E-state index in [1.807, 2.05) is 24.3 Å². The number of aliphatic hydroxyl groups is 1. The third-order valence-corrected chi connectivity index (χ3v) is 3.71. The molecule has 4 nitrogen and oxygen atoms in total. The first-order chi connectivity index (χ1) is 9.06. The van der Waals surface area contributed by atoms with E-state index < -0.39 is 12.2 Å². The van der Waals surface area contributed by atoms with Gasteiger partial charge in [-0.25, -0.2) is 0 Å². The van der Waals surface area contributed by atoms with E-state index in [-0.39, 0.29) is 5.91 Å². The summed E-state index contributed by atoms with van der Waals surface area (Å²) in [5.74, 6) is 0.600. The zero-order valence-corrected chi connectivity index (χ0v) is 12.5. The number of likely N-dealkylation sites (tertiary alicyclic amines) is 1. The molecule has 1 fully saturated rings. The third-order valence-electron chi connectivity index (χ3n) is 3.18. The van der Waals surface area contributed by atoms with E-state index in [1.54, 1.807) is 11.8 Å². The standard InChI is InChI=1S/C14H18BrNO3/c1-10(19-13-6-4-11(15)5-7-13)14(18)16-8-2-3-12(17)9-16/h4-7,10,12,17H,2-3,8-9H2,1H3/t10?,12-/m0/s1. The Bertz CT molecular complexity index is 435. The minimum Gasteiger partial charge on any atom is -0.481 e. The predicted octanol–water partition coefficient (Wildman–Crippen LogP) is 2.20. The van der Waals surface area contributed by atoms with Crippen LogP contribution in [0.4, 0.5) is 0 Å². The van der Waals surface area contributed by atoms with Gasteiger partial charge in [0.1, 0.15) is 5.75 Å². The number of nitrogens with zero attached hydrogens (tertiary/aromatic N) is 1. The highest BCUT2D eigenvalue weighted by Gasteiger charge is 2.26. The summed E-state index contributed by atoms with van der Waals surface area (Å²) >= 11 is 3.35. The van der Waals surface area contributed by atoms with Crippen molar-refractivity contribution in [1.29, 1.82) is 0 Å². The van der Waals surface area contributed by atoms with E-state index >= 15 is 0 Å². The zero-order chi connectivity index (χ0) is 13.8. The zero-order valence-electron chi connectivity index (χ0n) is 10.9. The van der Waals surface area contributed by atoms with Crippen LogP contribution in [0, 0.1) is 0 Å². The molecule has 1 aliphatic rings. The van der Waals surface area contributed by atoms with Crippen molar-refractivity contribution in [3.05, 3.63) is 28.7 Å². The monoisotopic (exact) mass is 327 g/mol. The van der Waals surface area contributed by atoms with Gasteiger partial charge in [-0.2, -0.15) is 0 Å². The normalized spacial score (nSPS) is 21.0. The van der Waals surface area contributed by atoms with E-state index in [0.717, 1.165) is 17.3 Å². The van der Waals surface area contributed by atoms with Crippen molar-refractivity contribution >= 4 is 21.8 Å². The molecule has 0 spiro atoms. The predicted molar refractivity (Wildman–Crippen MR) is 76.1 cm³/mol. The lowest BCUT2D eigenvalue weighted by molar-refractivity contribution is -0.141. The Kier molecular flexibility index (Phi) is 4.82. The van der Waals surface area contributed by atoms with Crippen LogP contribution in [0.2, 0.25) is 0 Å². The smallest absolute Gasteiger partial charge is 0.263 e. The van der Waals surface area contributed by atoms with Crippen LogP contribution in [0.3, 0.4) is 0 Å². The number of aliphatic hydroxyl groups excluding tert-OH is 1. The van der Waals surface area contributed by atoms with Gasteiger partial charge in [-0.1, -0.05) is 15.9 Å². The maximum atomic E-state index is 12.2. The molecule has 0 radical (unpaired) electrons. The lowest BCUT2D eigenvalue weighted by atomic mass is 10.1. The second-order valence-electron chi connectivity index (χ2n) is 4.79. The number of hydrogen-bond donors (Lipinski definition) is 1. The Hall–Kier alpha value is -1.07. The molecule has 2 rings (SSSR count). The molecule has 2 atom stereocenters. The average molecular weight is 328 g/mol. The number of hydrogen-bond acceptors (Lipinski definition) is 3. The first-order valence-corrected chi connectivity index (χ1v) is 7.24. The minimum absolute atomic E-state index is 0.0679. The molecule has 1 saturated heterocycles. The van der Waals surface area contributed by atoms with Gasteiger partial charge >= 0.3 is 0 Å². The van der Waals surface area contributed by atoms with Crippen molar-refractivity contribution in [1.82, 2.24) is 4.90 Å². The van der Waals surface area contributed by atoms with Crippen molar-refractivity contribution in [2.45, 2.75) is 32.0 Å². The molecule has 1 N–H and O–H groups in total. The van der Waals surface area contributed by atoms with Gasteiger partial charge in [0, 0.05) is 17.6 Å². The van der Waals surface area contributed by atoms with E-state index in [4.69, 9.17) is 4.74 Å². The van der Waals surface area contributed by atoms with Gasteiger partial charge in [0.15, 0.2) is 6.10 Å². The fourth-order valence-corrected chi connectivity index (χ4v) is 2.44. The van der Waals surface area contributed by atoms with Crippen LogP contribution < -0.4 is 4.74 Å². The SMILES string of the molecule is CC(Oc1ccc(Br)cc1)C(=O)N1CCC[C@H](O)C1. The van der Waals surface area contributed by atoms with Gasteiger partial charge < -0.3 is 14.7 Å². The summed E-state index contributed by atoms with van der Waals surface area (Å²) in [5.41, 5.74) is 0. The number of halogens is 1. The summed E-state index contributed by atoms with van der Waals surface area (Å²) in [7, 11) is 0. The van der Waals surface area contributed by atoms with Gasteiger partial charge in [-0.15, -0.1) is 0 Å². The largest absolute Gasteiger partial charge is 0.481 e. The number of ether oxygens (including phenoxy) is 1. The lowest BCUT2D eigenvalue weighted by Gasteiger charge is -2.32. The molecule has 0 aliphatic carbocycles. The molecule has 0 saturated carbocycles. The summed E-state index contributed by atoms with van der Waals surface area (Å²) in [6, 6.07) is 7.38. The van der Waals surface area contributed by atoms with Crippen LogP contribution in [0.5, 0.6) is 5.75 Å². The van der Waals surface area contributed by atoms with Crippen LogP contribution in [0.1, 0.15) is 19.8 Å². The molecule has 19 heavy (non-hydrogen) atoms. The molecule has 1 unspecified atom stereocenters. The van der Waals surface area contributed by atoms with E-state index in [9.17, 15) is 9.90 Å². The summed E-state index contributed by atoms with van der Waals surface area (Å²) < 4.78 is 6.60. The molecule has 0 bridgehead atoms. The van der Waals surface area contributed by atoms with Gasteiger partial charge in [-0.05, 0) is 44.0 Å².